The number of rotatable bonds is 7. The summed E-state index contributed by atoms with van der Waals surface area (Å²) in [5.74, 6) is -0.0179. The minimum absolute atomic E-state index is 0.0179. The highest BCUT2D eigenvalue weighted by molar-refractivity contribution is 6.42. The Labute approximate surface area is 123 Å². The zero-order chi connectivity index (χ0) is 14.3. The van der Waals surface area contributed by atoms with Crippen molar-refractivity contribution in [2.75, 3.05) is 6.61 Å². The van der Waals surface area contributed by atoms with Gasteiger partial charge in [-0.25, -0.2) is 0 Å². The number of unbranched alkanes of at least 4 members (excludes halogenated alkanes) is 1. The lowest BCUT2D eigenvalue weighted by Gasteiger charge is -2.10. The molecule has 1 amide bonds. The molecule has 3 nitrogen and oxygen atoms in total. The number of aliphatic hydroxyl groups is 1. The Hall–Kier alpha value is -0.770. The first-order valence-electron chi connectivity index (χ1n) is 6.37. The highest BCUT2D eigenvalue weighted by atomic mass is 35.5. The number of amides is 1. The van der Waals surface area contributed by atoms with Gasteiger partial charge in [0.15, 0.2) is 0 Å². The molecular weight excluding hydrogens is 285 g/mol. The van der Waals surface area contributed by atoms with Crippen molar-refractivity contribution in [2.45, 2.75) is 38.6 Å². The molecule has 5 heteroatoms. The Balaban J connectivity index is 2.23. The fourth-order valence-corrected chi connectivity index (χ4v) is 2.02. The van der Waals surface area contributed by atoms with Gasteiger partial charge in [0.1, 0.15) is 0 Å². The van der Waals surface area contributed by atoms with E-state index in [1.54, 1.807) is 13.0 Å². The van der Waals surface area contributed by atoms with E-state index < -0.39 is 0 Å². The maximum absolute atomic E-state index is 11.5. The molecule has 0 aliphatic rings. The van der Waals surface area contributed by atoms with Crippen molar-refractivity contribution < 1.29 is 9.90 Å². The summed E-state index contributed by atoms with van der Waals surface area (Å²) in [7, 11) is 0. The van der Waals surface area contributed by atoms with Crippen LogP contribution in [0.4, 0.5) is 0 Å². The lowest BCUT2D eigenvalue weighted by molar-refractivity contribution is -0.122. The summed E-state index contributed by atoms with van der Waals surface area (Å²) in [6.07, 6.45) is 3.08. The molecule has 1 aromatic rings. The molecule has 0 spiro atoms. The number of aryl methyl sites for hydroxylation is 1. The van der Waals surface area contributed by atoms with Gasteiger partial charge in [-0.1, -0.05) is 29.3 Å². The standard InChI is InChI=1S/C14H19Cl2NO2/c1-10(9-18)17-14(19)5-3-2-4-11-6-7-12(15)13(16)8-11/h6-8,10,18H,2-5,9H2,1H3,(H,17,19). The molecule has 0 radical (unpaired) electrons. The zero-order valence-corrected chi connectivity index (χ0v) is 12.5. The molecule has 19 heavy (non-hydrogen) atoms. The van der Waals surface area contributed by atoms with Gasteiger partial charge >= 0.3 is 0 Å². The van der Waals surface area contributed by atoms with E-state index in [1.165, 1.54) is 0 Å². The summed E-state index contributed by atoms with van der Waals surface area (Å²) in [6, 6.07) is 5.41. The van der Waals surface area contributed by atoms with Crippen LogP contribution in [0.5, 0.6) is 0 Å². The number of halogens is 2. The number of carbonyl (C=O) groups is 1. The average Bonchev–Trinajstić information content (AvgIpc) is 2.38. The second-order valence-electron chi connectivity index (χ2n) is 4.61. The van der Waals surface area contributed by atoms with Gasteiger partial charge in [0.2, 0.25) is 5.91 Å². The first-order valence-corrected chi connectivity index (χ1v) is 7.12. The largest absolute Gasteiger partial charge is 0.394 e. The molecule has 0 aromatic heterocycles. The van der Waals surface area contributed by atoms with Crippen LogP contribution in [-0.2, 0) is 11.2 Å². The number of aliphatic hydroxyl groups excluding tert-OH is 1. The summed E-state index contributed by atoms with van der Waals surface area (Å²) >= 11 is 11.8. The summed E-state index contributed by atoms with van der Waals surface area (Å²) in [4.78, 5) is 11.5. The topological polar surface area (TPSA) is 49.3 Å². The molecule has 0 aliphatic heterocycles. The van der Waals surface area contributed by atoms with Crippen LogP contribution in [0.3, 0.4) is 0 Å². The van der Waals surface area contributed by atoms with E-state index in [9.17, 15) is 4.79 Å². The number of carbonyl (C=O) groups excluding carboxylic acids is 1. The van der Waals surface area contributed by atoms with Gasteiger partial charge in [-0.3, -0.25) is 4.79 Å². The second kappa shape index (κ2) is 8.41. The summed E-state index contributed by atoms with van der Waals surface area (Å²) in [6.45, 7) is 1.74. The van der Waals surface area contributed by atoms with E-state index in [2.05, 4.69) is 5.32 Å². The first kappa shape index (κ1) is 16.3. The molecule has 0 aliphatic carbocycles. The Kier molecular flexibility index (Phi) is 7.21. The summed E-state index contributed by atoms with van der Waals surface area (Å²) in [5.41, 5.74) is 1.12. The molecule has 0 bridgehead atoms. The number of hydrogen-bond acceptors (Lipinski definition) is 2. The lowest BCUT2D eigenvalue weighted by atomic mass is 10.1. The predicted molar refractivity (Wildman–Crippen MR) is 78.7 cm³/mol. The van der Waals surface area contributed by atoms with E-state index in [0.717, 1.165) is 24.8 Å². The maximum Gasteiger partial charge on any atom is 0.220 e. The number of nitrogens with one attached hydrogen (secondary N) is 1. The number of hydrogen-bond donors (Lipinski definition) is 2. The van der Waals surface area contributed by atoms with Crippen LogP contribution < -0.4 is 5.32 Å². The van der Waals surface area contributed by atoms with Gasteiger partial charge in [0.05, 0.1) is 16.7 Å². The third-order valence-corrected chi connectivity index (χ3v) is 3.52. The molecule has 1 aromatic carbocycles. The molecule has 2 N–H and O–H groups in total. The molecule has 0 saturated heterocycles. The van der Waals surface area contributed by atoms with Crippen molar-refractivity contribution in [1.29, 1.82) is 0 Å². The minimum atomic E-state index is -0.178. The van der Waals surface area contributed by atoms with E-state index >= 15 is 0 Å². The normalized spacial score (nSPS) is 12.2. The Morgan fingerprint density at radius 3 is 2.68 bits per heavy atom. The third kappa shape index (κ3) is 6.28. The molecule has 106 valence electrons. The van der Waals surface area contributed by atoms with Crippen molar-refractivity contribution in [3.05, 3.63) is 33.8 Å². The SMILES string of the molecule is CC(CO)NC(=O)CCCCc1ccc(Cl)c(Cl)c1. The Bertz CT molecular complexity index is 424. The van der Waals surface area contributed by atoms with Crippen LogP contribution >= 0.6 is 23.2 Å². The van der Waals surface area contributed by atoms with Crippen LogP contribution in [0.2, 0.25) is 10.0 Å². The van der Waals surface area contributed by atoms with Crippen molar-refractivity contribution in [3.63, 3.8) is 0 Å². The smallest absolute Gasteiger partial charge is 0.220 e. The second-order valence-corrected chi connectivity index (χ2v) is 5.42. The quantitative estimate of drug-likeness (QED) is 0.760. The maximum atomic E-state index is 11.5. The first-order chi connectivity index (χ1) is 9.02. The Morgan fingerprint density at radius 1 is 1.32 bits per heavy atom. The molecule has 0 saturated carbocycles. The highest BCUT2D eigenvalue weighted by Gasteiger charge is 2.06. The zero-order valence-electron chi connectivity index (χ0n) is 11.0. The van der Waals surface area contributed by atoms with Gasteiger partial charge in [0, 0.05) is 12.5 Å². The molecule has 1 rings (SSSR count). The van der Waals surface area contributed by atoms with Crippen molar-refractivity contribution in [2.24, 2.45) is 0 Å². The van der Waals surface area contributed by atoms with Gasteiger partial charge in [-0.2, -0.15) is 0 Å². The molecule has 1 atom stereocenters. The molecule has 0 fully saturated rings. The van der Waals surface area contributed by atoms with Crippen LogP contribution in [-0.4, -0.2) is 23.7 Å². The minimum Gasteiger partial charge on any atom is -0.394 e. The van der Waals surface area contributed by atoms with Crippen LogP contribution in [0.1, 0.15) is 31.7 Å². The summed E-state index contributed by atoms with van der Waals surface area (Å²) < 4.78 is 0. The van der Waals surface area contributed by atoms with Gasteiger partial charge in [-0.15, -0.1) is 0 Å². The molecule has 0 heterocycles. The fourth-order valence-electron chi connectivity index (χ4n) is 1.70. The van der Waals surface area contributed by atoms with Crippen molar-refractivity contribution in [3.8, 4) is 0 Å². The van der Waals surface area contributed by atoms with Crippen molar-refractivity contribution in [1.82, 2.24) is 5.32 Å². The fraction of sp³-hybridized carbons (Fsp3) is 0.500. The Morgan fingerprint density at radius 2 is 2.05 bits per heavy atom. The highest BCUT2D eigenvalue weighted by Crippen LogP contribution is 2.23. The lowest BCUT2D eigenvalue weighted by Crippen LogP contribution is -2.34. The monoisotopic (exact) mass is 303 g/mol. The average molecular weight is 304 g/mol. The van der Waals surface area contributed by atoms with E-state index in [1.807, 2.05) is 12.1 Å². The van der Waals surface area contributed by atoms with Crippen molar-refractivity contribution >= 4 is 29.1 Å². The molecule has 1 unspecified atom stereocenters. The number of benzene rings is 1. The van der Waals surface area contributed by atoms with Gasteiger partial charge < -0.3 is 10.4 Å². The van der Waals surface area contributed by atoms with E-state index in [4.69, 9.17) is 28.3 Å². The van der Waals surface area contributed by atoms with Gasteiger partial charge in [0.25, 0.3) is 0 Å². The van der Waals surface area contributed by atoms with Crippen LogP contribution in [0.15, 0.2) is 18.2 Å². The van der Waals surface area contributed by atoms with E-state index in [0.29, 0.717) is 16.5 Å². The van der Waals surface area contributed by atoms with Gasteiger partial charge in [-0.05, 0) is 43.9 Å². The predicted octanol–water partition coefficient (Wildman–Crippen LogP) is 3.20. The van der Waals surface area contributed by atoms with Crippen LogP contribution in [0.25, 0.3) is 0 Å². The van der Waals surface area contributed by atoms with Crippen LogP contribution in [0, 0.1) is 0 Å². The molecular formula is C14H19Cl2NO2. The summed E-state index contributed by atoms with van der Waals surface area (Å²) in [5, 5.41) is 12.7. The third-order valence-electron chi connectivity index (χ3n) is 2.78. The van der Waals surface area contributed by atoms with E-state index in [-0.39, 0.29) is 18.6 Å².